The molecule has 0 atom stereocenters. The number of amides is 1. The Bertz CT molecular complexity index is 966. The number of benzene rings is 1. The summed E-state index contributed by atoms with van der Waals surface area (Å²) in [4.78, 5) is 22.5. The van der Waals surface area contributed by atoms with E-state index in [0.717, 1.165) is 47.5 Å². The molecule has 3 aromatic rings. The molecule has 0 bridgehead atoms. The van der Waals surface area contributed by atoms with Crippen LogP contribution >= 0.6 is 0 Å². The zero-order valence-corrected chi connectivity index (χ0v) is 14.6. The van der Waals surface area contributed by atoms with Gasteiger partial charge < -0.3 is 10.6 Å². The van der Waals surface area contributed by atoms with E-state index in [9.17, 15) is 4.79 Å². The maximum atomic E-state index is 11.2. The Morgan fingerprint density at radius 1 is 1.00 bits per heavy atom. The average Bonchev–Trinajstić information content (AvgIpc) is 2.68. The topological polar surface area (TPSA) is 72.1 Å². The fourth-order valence-electron chi connectivity index (χ4n) is 3.38. The second kappa shape index (κ2) is 6.59. The molecule has 5 heteroatoms. The molecule has 0 aliphatic carbocycles. The number of aryl methyl sites for hydroxylation is 1. The number of primary amides is 1. The summed E-state index contributed by atoms with van der Waals surface area (Å²) >= 11 is 0. The van der Waals surface area contributed by atoms with Gasteiger partial charge in [-0.05, 0) is 48.2 Å². The number of rotatable bonds is 3. The Hall–Kier alpha value is -3.21. The number of hydrogen-bond donors (Lipinski definition) is 1. The maximum Gasteiger partial charge on any atom is 0.248 e. The number of carbonyl (C=O) groups excluding carboxylic acids is 1. The van der Waals surface area contributed by atoms with E-state index in [1.165, 1.54) is 5.56 Å². The third-order valence-corrected chi connectivity index (χ3v) is 4.82. The van der Waals surface area contributed by atoms with Gasteiger partial charge in [-0.3, -0.25) is 9.78 Å². The van der Waals surface area contributed by atoms with Crippen LogP contribution in [0.2, 0.25) is 0 Å². The van der Waals surface area contributed by atoms with Crippen LogP contribution < -0.4 is 10.6 Å². The molecular weight excluding hydrogens is 324 g/mol. The molecule has 0 spiro atoms. The lowest BCUT2D eigenvalue weighted by atomic mass is 9.99. The number of aromatic nitrogens is 2. The van der Waals surface area contributed by atoms with Gasteiger partial charge in [0.1, 0.15) is 5.82 Å². The molecule has 130 valence electrons. The summed E-state index contributed by atoms with van der Waals surface area (Å²) < 4.78 is 0. The van der Waals surface area contributed by atoms with E-state index in [1.807, 2.05) is 30.7 Å². The van der Waals surface area contributed by atoms with Crippen molar-refractivity contribution in [1.82, 2.24) is 9.97 Å². The van der Waals surface area contributed by atoms with Crippen molar-refractivity contribution >= 4 is 11.7 Å². The highest BCUT2D eigenvalue weighted by Gasteiger charge is 2.16. The zero-order chi connectivity index (χ0) is 18.1. The van der Waals surface area contributed by atoms with Crippen molar-refractivity contribution in [3.8, 4) is 22.3 Å². The summed E-state index contributed by atoms with van der Waals surface area (Å²) in [6.07, 6.45) is 7.80. The monoisotopic (exact) mass is 344 g/mol. The minimum absolute atomic E-state index is 0.423. The van der Waals surface area contributed by atoms with Gasteiger partial charge in [0, 0.05) is 54.4 Å². The van der Waals surface area contributed by atoms with E-state index >= 15 is 0 Å². The quantitative estimate of drug-likeness (QED) is 0.791. The molecule has 0 saturated heterocycles. The van der Waals surface area contributed by atoms with Crippen LogP contribution in [0.25, 0.3) is 22.3 Å². The van der Waals surface area contributed by atoms with Crippen LogP contribution in [0.15, 0.2) is 55.0 Å². The molecule has 3 heterocycles. The first kappa shape index (κ1) is 16.3. The average molecular weight is 344 g/mol. The van der Waals surface area contributed by atoms with Crippen LogP contribution in [0.1, 0.15) is 22.3 Å². The van der Waals surface area contributed by atoms with Crippen LogP contribution in [0.4, 0.5) is 5.82 Å². The standard InChI is InChI=1S/C21H20N4O/c1-25-8-2-3-16-9-19(13-24-21(16)25)18-10-17(11-23-12-18)14-4-6-15(7-5-14)20(22)26/h4-7,9-13H,2-3,8H2,1H3,(H2,22,26). The molecular formula is C21H20N4O. The third kappa shape index (κ3) is 3.04. The van der Waals surface area contributed by atoms with Gasteiger partial charge in [0.25, 0.3) is 0 Å². The van der Waals surface area contributed by atoms with Crippen LogP contribution in [0.5, 0.6) is 0 Å². The minimum Gasteiger partial charge on any atom is -0.366 e. The first-order valence-electron chi connectivity index (χ1n) is 8.67. The molecule has 1 aromatic carbocycles. The second-order valence-electron chi connectivity index (χ2n) is 6.64. The zero-order valence-electron chi connectivity index (χ0n) is 14.6. The number of pyridine rings is 2. The lowest BCUT2D eigenvalue weighted by Crippen LogP contribution is -2.25. The van der Waals surface area contributed by atoms with Crippen LogP contribution in [-0.4, -0.2) is 29.5 Å². The normalized spacial score (nSPS) is 13.3. The fourth-order valence-corrected chi connectivity index (χ4v) is 3.38. The smallest absolute Gasteiger partial charge is 0.248 e. The van der Waals surface area contributed by atoms with Gasteiger partial charge in [0.2, 0.25) is 5.91 Å². The summed E-state index contributed by atoms with van der Waals surface area (Å²) in [6, 6.07) is 11.6. The molecule has 2 N–H and O–H groups in total. The molecule has 4 rings (SSSR count). The van der Waals surface area contributed by atoms with Crippen molar-refractivity contribution in [2.75, 3.05) is 18.5 Å². The van der Waals surface area contributed by atoms with Gasteiger partial charge >= 0.3 is 0 Å². The Balaban J connectivity index is 1.69. The van der Waals surface area contributed by atoms with Gasteiger partial charge in [0.15, 0.2) is 0 Å². The molecule has 2 aromatic heterocycles. The van der Waals surface area contributed by atoms with E-state index in [0.29, 0.717) is 5.56 Å². The highest BCUT2D eigenvalue weighted by Crippen LogP contribution is 2.30. The van der Waals surface area contributed by atoms with Gasteiger partial charge in [0.05, 0.1) is 0 Å². The summed E-state index contributed by atoms with van der Waals surface area (Å²) in [7, 11) is 2.09. The van der Waals surface area contributed by atoms with E-state index in [2.05, 4.69) is 34.0 Å². The fraction of sp³-hybridized carbons (Fsp3) is 0.190. The first-order chi connectivity index (χ1) is 12.6. The Labute approximate surface area is 152 Å². The van der Waals surface area contributed by atoms with Crippen LogP contribution in [0.3, 0.4) is 0 Å². The maximum absolute atomic E-state index is 11.2. The van der Waals surface area contributed by atoms with Crippen molar-refractivity contribution in [2.24, 2.45) is 5.73 Å². The molecule has 1 aliphatic heterocycles. The number of fused-ring (bicyclic) bond motifs is 1. The van der Waals surface area contributed by atoms with E-state index in [4.69, 9.17) is 5.73 Å². The van der Waals surface area contributed by atoms with Gasteiger partial charge in [-0.15, -0.1) is 0 Å². The van der Waals surface area contributed by atoms with Gasteiger partial charge in [-0.1, -0.05) is 12.1 Å². The van der Waals surface area contributed by atoms with Crippen molar-refractivity contribution in [2.45, 2.75) is 12.8 Å². The van der Waals surface area contributed by atoms with Gasteiger partial charge in [-0.2, -0.15) is 0 Å². The van der Waals surface area contributed by atoms with Crippen molar-refractivity contribution < 1.29 is 4.79 Å². The molecule has 26 heavy (non-hydrogen) atoms. The predicted molar refractivity (Wildman–Crippen MR) is 103 cm³/mol. The Morgan fingerprint density at radius 2 is 1.69 bits per heavy atom. The predicted octanol–water partition coefficient (Wildman–Crippen LogP) is 3.29. The Kier molecular flexibility index (Phi) is 4.13. The lowest BCUT2D eigenvalue weighted by Gasteiger charge is -2.26. The first-order valence-corrected chi connectivity index (χ1v) is 8.67. The second-order valence-corrected chi connectivity index (χ2v) is 6.64. The molecule has 1 amide bonds. The van der Waals surface area contributed by atoms with Gasteiger partial charge in [-0.25, -0.2) is 4.98 Å². The number of nitrogens with two attached hydrogens (primary N) is 1. The molecule has 0 fully saturated rings. The highest BCUT2D eigenvalue weighted by atomic mass is 16.1. The summed E-state index contributed by atoms with van der Waals surface area (Å²) in [5, 5.41) is 0. The van der Waals surface area contributed by atoms with Crippen molar-refractivity contribution in [3.05, 3.63) is 66.1 Å². The Morgan fingerprint density at radius 3 is 2.42 bits per heavy atom. The number of hydrogen-bond acceptors (Lipinski definition) is 4. The lowest BCUT2D eigenvalue weighted by molar-refractivity contribution is 0.100. The molecule has 1 aliphatic rings. The minimum atomic E-state index is -0.423. The van der Waals surface area contributed by atoms with Crippen LogP contribution in [-0.2, 0) is 6.42 Å². The SMILES string of the molecule is CN1CCCc2cc(-c3cncc(-c4ccc(C(N)=O)cc4)c3)cnc21. The number of nitrogens with zero attached hydrogens (tertiary/aromatic N) is 3. The van der Waals surface area contributed by atoms with Crippen molar-refractivity contribution in [3.63, 3.8) is 0 Å². The van der Waals surface area contributed by atoms with E-state index < -0.39 is 5.91 Å². The summed E-state index contributed by atoms with van der Waals surface area (Å²) in [6.45, 7) is 1.05. The van der Waals surface area contributed by atoms with E-state index in [-0.39, 0.29) is 0 Å². The molecule has 0 radical (unpaired) electrons. The van der Waals surface area contributed by atoms with Crippen LogP contribution in [0, 0.1) is 0 Å². The summed E-state index contributed by atoms with van der Waals surface area (Å²) in [5.41, 5.74) is 11.2. The number of anilines is 1. The molecule has 5 nitrogen and oxygen atoms in total. The third-order valence-electron chi connectivity index (χ3n) is 4.82. The van der Waals surface area contributed by atoms with E-state index in [1.54, 1.807) is 12.1 Å². The summed E-state index contributed by atoms with van der Waals surface area (Å²) in [5.74, 6) is 0.652. The van der Waals surface area contributed by atoms with Crippen molar-refractivity contribution in [1.29, 1.82) is 0 Å². The highest BCUT2D eigenvalue weighted by molar-refractivity contribution is 5.93. The molecule has 0 saturated carbocycles. The molecule has 0 unspecified atom stereocenters. The number of carbonyl (C=O) groups is 1. The largest absolute Gasteiger partial charge is 0.366 e.